The third kappa shape index (κ3) is 4.43. The smallest absolute Gasteiger partial charge is 0.343 e. The van der Waals surface area contributed by atoms with E-state index in [1.165, 1.54) is 18.6 Å². The first-order valence-electron chi connectivity index (χ1n) is 6.98. The highest BCUT2D eigenvalue weighted by atomic mass is 35.5. The Labute approximate surface area is 127 Å². The SMILES string of the molecule is O=C(COC(=O)c1c(F)cccc1Cl)NC1CCCCC1. The quantitative estimate of drug-likeness (QED) is 0.869. The standard InChI is InChI=1S/C15H17ClFNO3/c16-11-7-4-8-12(17)14(11)15(20)21-9-13(19)18-10-5-2-1-3-6-10/h4,7-8,10H,1-3,5-6,9H2,(H,18,19). The lowest BCUT2D eigenvalue weighted by molar-refractivity contribution is -0.125. The van der Waals surface area contributed by atoms with Gasteiger partial charge < -0.3 is 10.1 Å². The zero-order valence-electron chi connectivity index (χ0n) is 11.5. The molecule has 1 aromatic carbocycles. The molecule has 0 aliphatic heterocycles. The molecule has 1 aliphatic carbocycles. The van der Waals surface area contributed by atoms with Crippen molar-refractivity contribution in [1.29, 1.82) is 0 Å². The van der Waals surface area contributed by atoms with Crippen molar-refractivity contribution >= 4 is 23.5 Å². The van der Waals surface area contributed by atoms with Crippen LogP contribution in [0.1, 0.15) is 42.5 Å². The molecule has 0 radical (unpaired) electrons. The fourth-order valence-corrected chi connectivity index (χ4v) is 2.65. The van der Waals surface area contributed by atoms with Gasteiger partial charge in [0.15, 0.2) is 6.61 Å². The van der Waals surface area contributed by atoms with E-state index in [1.54, 1.807) is 0 Å². The van der Waals surface area contributed by atoms with Gasteiger partial charge in [0.05, 0.1) is 5.02 Å². The number of halogens is 2. The third-order valence-electron chi connectivity index (χ3n) is 3.47. The number of carbonyl (C=O) groups is 2. The molecule has 1 aromatic rings. The summed E-state index contributed by atoms with van der Waals surface area (Å²) in [6.45, 7) is -0.431. The molecule has 0 atom stereocenters. The predicted molar refractivity (Wildman–Crippen MR) is 76.7 cm³/mol. The van der Waals surface area contributed by atoms with Gasteiger partial charge in [-0.1, -0.05) is 36.9 Å². The first-order chi connectivity index (χ1) is 10.1. The van der Waals surface area contributed by atoms with E-state index in [0.29, 0.717) is 0 Å². The van der Waals surface area contributed by atoms with Crippen molar-refractivity contribution < 1.29 is 18.7 Å². The number of nitrogens with one attached hydrogen (secondary N) is 1. The van der Waals surface area contributed by atoms with Crippen LogP contribution in [0.3, 0.4) is 0 Å². The van der Waals surface area contributed by atoms with Crippen LogP contribution in [0.4, 0.5) is 4.39 Å². The summed E-state index contributed by atoms with van der Waals surface area (Å²) in [5.41, 5.74) is -0.343. The molecule has 2 rings (SSSR count). The largest absolute Gasteiger partial charge is 0.452 e. The highest BCUT2D eigenvalue weighted by Crippen LogP contribution is 2.20. The molecule has 0 saturated heterocycles. The van der Waals surface area contributed by atoms with Gasteiger partial charge in [-0.2, -0.15) is 0 Å². The lowest BCUT2D eigenvalue weighted by atomic mass is 9.95. The van der Waals surface area contributed by atoms with Crippen LogP contribution in [0.2, 0.25) is 5.02 Å². The minimum absolute atomic E-state index is 0.0345. The molecular weight excluding hydrogens is 297 g/mol. The highest BCUT2D eigenvalue weighted by molar-refractivity contribution is 6.33. The number of rotatable bonds is 4. The van der Waals surface area contributed by atoms with E-state index >= 15 is 0 Å². The van der Waals surface area contributed by atoms with Crippen molar-refractivity contribution in [1.82, 2.24) is 5.32 Å². The molecule has 0 unspecified atom stereocenters. The Morgan fingerprint density at radius 2 is 2.00 bits per heavy atom. The van der Waals surface area contributed by atoms with Crippen LogP contribution in [0.25, 0.3) is 0 Å². The monoisotopic (exact) mass is 313 g/mol. The Hall–Kier alpha value is -1.62. The molecule has 1 fully saturated rings. The summed E-state index contributed by atoms with van der Waals surface area (Å²) in [7, 11) is 0. The molecule has 21 heavy (non-hydrogen) atoms. The van der Waals surface area contributed by atoms with E-state index in [4.69, 9.17) is 16.3 Å². The number of amides is 1. The Morgan fingerprint density at radius 3 is 2.67 bits per heavy atom. The number of hydrogen-bond donors (Lipinski definition) is 1. The lowest BCUT2D eigenvalue weighted by Gasteiger charge is -2.22. The van der Waals surface area contributed by atoms with Crippen molar-refractivity contribution in [2.24, 2.45) is 0 Å². The second-order valence-electron chi connectivity index (χ2n) is 5.08. The first kappa shape index (κ1) is 15.8. The third-order valence-corrected chi connectivity index (χ3v) is 3.79. The highest BCUT2D eigenvalue weighted by Gasteiger charge is 2.20. The fourth-order valence-electron chi connectivity index (χ4n) is 2.41. The second-order valence-corrected chi connectivity index (χ2v) is 5.48. The summed E-state index contributed by atoms with van der Waals surface area (Å²) in [6, 6.07) is 4.04. The molecule has 1 N–H and O–H groups in total. The van der Waals surface area contributed by atoms with Gasteiger partial charge in [-0.3, -0.25) is 4.79 Å². The average Bonchev–Trinajstić information content (AvgIpc) is 2.46. The van der Waals surface area contributed by atoms with Gasteiger partial charge >= 0.3 is 5.97 Å². The van der Waals surface area contributed by atoms with E-state index < -0.39 is 18.4 Å². The van der Waals surface area contributed by atoms with Gasteiger partial charge in [-0.05, 0) is 25.0 Å². The van der Waals surface area contributed by atoms with Gasteiger partial charge in [-0.25, -0.2) is 9.18 Å². The van der Waals surface area contributed by atoms with Gasteiger partial charge in [0.1, 0.15) is 11.4 Å². The molecule has 1 aliphatic rings. The van der Waals surface area contributed by atoms with Crippen LogP contribution < -0.4 is 5.32 Å². The van der Waals surface area contributed by atoms with Crippen molar-refractivity contribution in [2.75, 3.05) is 6.61 Å². The van der Waals surface area contributed by atoms with Gasteiger partial charge in [-0.15, -0.1) is 0 Å². The lowest BCUT2D eigenvalue weighted by Crippen LogP contribution is -2.38. The molecular formula is C15H17ClFNO3. The van der Waals surface area contributed by atoms with E-state index in [9.17, 15) is 14.0 Å². The van der Waals surface area contributed by atoms with E-state index in [1.807, 2.05) is 0 Å². The average molecular weight is 314 g/mol. The summed E-state index contributed by atoms with van der Waals surface area (Å²) in [4.78, 5) is 23.5. The normalized spacial score (nSPS) is 15.5. The molecule has 0 spiro atoms. The van der Waals surface area contributed by atoms with Crippen molar-refractivity contribution in [3.63, 3.8) is 0 Å². The summed E-state index contributed by atoms with van der Waals surface area (Å²) < 4.78 is 18.3. The minimum atomic E-state index is -0.933. The Balaban J connectivity index is 1.84. The summed E-state index contributed by atoms with van der Waals surface area (Å²) in [5.74, 6) is -2.07. The predicted octanol–water partition coefficient (Wildman–Crippen LogP) is 3.08. The minimum Gasteiger partial charge on any atom is -0.452 e. The van der Waals surface area contributed by atoms with Crippen LogP contribution in [-0.2, 0) is 9.53 Å². The number of esters is 1. The zero-order chi connectivity index (χ0) is 15.2. The zero-order valence-corrected chi connectivity index (χ0v) is 12.3. The number of benzene rings is 1. The molecule has 0 aromatic heterocycles. The summed E-state index contributed by atoms with van der Waals surface area (Å²) >= 11 is 5.75. The molecule has 4 nitrogen and oxygen atoms in total. The van der Waals surface area contributed by atoms with Crippen LogP contribution >= 0.6 is 11.6 Å². The Morgan fingerprint density at radius 1 is 1.29 bits per heavy atom. The fraction of sp³-hybridized carbons (Fsp3) is 0.467. The number of hydrogen-bond acceptors (Lipinski definition) is 3. The molecule has 1 saturated carbocycles. The summed E-state index contributed by atoms with van der Waals surface area (Å²) in [5, 5.41) is 2.78. The van der Waals surface area contributed by atoms with Crippen LogP contribution in [0, 0.1) is 5.82 Å². The Kier molecular flexibility index (Phi) is 5.56. The molecule has 6 heteroatoms. The van der Waals surface area contributed by atoms with Crippen LogP contribution in [-0.4, -0.2) is 24.5 Å². The van der Waals surface area contributed by atoms with Crippen molar-refractivity contribution in [3.05, 3.63) is 34.6 Å². The van der Waals surface area contributed by atoms with Crippen molar-refractivity contribution in [2.45, 2.75) is 38.1 Å². The second kappa shape index (κ2) is 7.41. The van der Waals surface area contributed by atoms with Crippen LogP contribution in [0.5, 0.6) is 0 Å². The van der Waals surface area contributed by atoms with Gasteiger partial charge in [0, 0.05) is 6.04 Å². The topological polar surface area (TPSA) is 55.4 Å². The summed E-state index contributed by atoms with van der Waals surface area (Å²) in [6.07, 6.45) is 5.26. The van der Waals surface area contributed by atoms with E-state index in [0.717, 1.165) is 31.7 Å². The maximum Gasteiger partial charge on any atom is 0.343 e. The van der Waals surface area contributed by atoms with Gasteiger partial charge in [0.2, 0.25) is 0 Å². The molecule has 0 bridgehead atoms. The van der Waals surface area contributed by atoms with Crippen LogP contribution in [0.15, 0.2) is 18.2 Å². The first-order valence-corrected chi connectivity index (χ1v) is 7.36. The maximum absolute atomic E-state index is 13.5. The van der Waals surface area contributed by atoms with E-state index in [-0.39, 0.29) is 22.5 Å². The Bertz CT molecular complexity index is 509. The molecule has 0 heterocycles. The van der Waals surface area contributed by atoms with Gasteiger partial charge in [0.25, 0.3) is 5.91 Å². The van der Waals surface area contributed by atoms with E-state index in [2.05, 4.69) is 5.32 Å². The molecule has 114 valence electrons. The molecule has 1 amide bonds. The number of carbonyl (C=O) groups excluding carboxylic acids is 2. The van der Waals surface area contributed by atoms with Crippen molar-refractivity contribution in [3.8, 4) is 0 Å². The number of ether oxygens (including phenoxy) is 1. The maximum atomic E-state index is 13.5.